The lowest BCUT2D eigenvalue weighted by Gasteiger charge is -2.19. The fourth-order valence-electron chi connectivity index (χ4n) is 3.10. The number of carboxylic acid groups (broad SMARTS) is 1. The Morgan fingerprint density at radius 1 is 1.26 bits per heavy atom. The number of carbonyl (C=O) groups is 3. The fourth-order valence-corrected chi connectivity index (χ4v) is 3.10. The van der Waals surface area contributed by atoms with E-state index < -0.39 is 12.1 Å². The number of fused-ring (bicyclic) bond motifs is 1. The molecule has 1 aromatic carbocycles. The second-order valence-electron chi connectivity index (χ2n) is 7.18. The predicted molar refractivity (Wildman–Crippen MR) is 106 cm³/mol. The summed E-state index contributed by atoms with van der Waals surface area (Å²) in [7, 11) is 0. The van der Waals surface area contributed by atoms with Crippen molar-refractivity contribution < 1.29 is 32.7 Å². The van der Waals surface area contributed by atoms with Crippen LogP contribution in [0, 0.1) is 6.92 Å². The van der Waals surface area contributed by atoms with Gasteiger partial charge in [-0.15, -0.1) is 0 Å². The first-order valence-corrected chi connectivity index (χ1v) is 9.86. The molecule has 0 aliphatic carbocycles. The highest BCUT2D eigenvalue weighted by Gasteiger charge is 2.38. The molecular weight excluding hydrogens is 417 g/mol. The van der Waals surface area contributed by atoms with Gasteiger partial charge in [0.1, 0.15) is 5.82 Å². The van der Waals surface area contributed by atoms with E-state index in [1.165, 1.54) is 0 Å². The van der Waals surface area contributed by atoms with Crippen molar-refractivity contribution in [2.75, 3.05) is 19.6 Å². The molecule has 1 fully saturated rings. The van der Waals surface area contributed by atoms with E-state index in [1.54, 1.807) is 4.90 Å². The van der Waals surface area contributed by atoms with E-state index in [-0.39, 0.29) is 18.4 Å². The number of halogens is 3. The minimum atomic E-state index is -5.08. The maximum atomic E-state index is 12.0. The van der Waals surface area contributed by atoms with Crippen molar-refractivity contribution in [3.8, 4) is 0 Å². The van der Waals surface area contributed by atoms with Gasteiger partial charge in [0.05, 0.1) is 17.6 Å². The molecule has 0 radical (unpaired) electrons. The number of rotatable bonds is 5. The van der Waals surface area contributed by atoms with Crippen molar-refractivity contribution in [1.29, 1.82) is 0 Å². The van der Waals surface area contributed by atoms with Crippen molar-refractivity contribution in [2.45, 2.75) is 45.2 Å². The van der Waals surface area contributed by atoms with E-state index in [4.69, 9.17) is 9.90 Å². The Hall–Kier alpha value is -3.11. The SMILES string of the molecule is Cc1cccc2[nH]c(CCNC(=O)CN3CCCCCC3=O)nc12.O=C(O)C(F)(F)F. The summed E-state index contributed by atoms with van der Waals surface area (Å²) in [5, 5.41) is 10.0. The minimum absolute atomic E-state index is 0.0930. The molecule has 0 saturated carbocycles. The van der Waals surface area contributed by atoms with Crippen LogP contribution >= 0.6 is 0 Å². The van der Waals surface area contributed by atoms with Crippen LogP contribution in [0.4, 0.5) is 13.2 Å². The molecule has 0 spiro atoms. The van der Waals surface area contributed by atoms with Gasteiger partial charge in [0, 0.05) is 25.9 Å². The number of benzene rings is 1. The molecule has 1 aliphatic heterocycles. The summed E-state index contributed by atoms with van der Waals surface area (Å²) in [6.07, 6.45) is -0.894. The summed E-state index contributed by atoms with van der Waals surface area (Å²) in [6, 6.07) is 6.04. The Kier molecular flexibility index (Phi) is 8.40. The van der Waals surface area contributed by atoms with Gasteiger partial charge in [0.15, 0.2) is 0 Å². The fraction of sp³-hybridized carbons (Fsp3) is 0.500. The van der Waals surface area contributed by atoms with Crippen molar-refractivity contribution in [1.82, 2.24) is 20.2 Å². The zero-order valence-electron chi connectivity index (χ0n) is 17.1. The van der Waals surface area contributed by atoms with E-state index in [0.717, 1.165) is 41.7 Å². The van der Waals surface area contributed by atoms with E-state index in [0.29, 0.717) is 25.9 Å². The lowest BCUT2D eigenvalue weighted by molar-refractivity contribution is -0.192. The van der Waals surface area contributed by atoms with E-state index >= 15 is 0 Å². The third-order valence-corrected chi connectivity index (χ3v) is 4.70. The number of likely N-dealkylation sites (tertiary alicyclic amines) is 1. The zero-order valence-corrected chi connectivity index (χ0v) is 17.1. The summed E-state index contributed by atoms with van der Waals surface area (Å²) < 4.78 is 31.7. The molecule has 1 saturated heterocycles. The topological polar surface area (TPSA) is 115 Å². The maximum absolute atomic E-state index is 12.0. The van der Waals surface area contributed by atoms with Crippen LogP contribution < -0.4 is 5.32 Å². The Morgan fingerprint density at radius 3 is 2.61 bits per heavy atom. The number of aliphatic carboxylic acids is 1. The standard InChI is InChI=1S/C18H24N4O2.C2HF3O2/c1-13-6-5-7-14-18(13)21-15(20-14)9-10-19-16(23)12-22-11-4-2-3-8-17(22)24;3-2(4,5)1(6)7/h5-7H,2-4,8-12H2,1H3,(H,19,23)(H,20,21);(H,6,7). The molecule has 2 amide bonds. The number of carbonyl (C=O) groups excluding carboxylic acids is 2. The first kappa shape index (κ1) is 24.2. The quantitative estimate of drug-likeness (QED) is 0.658. The summed E-state index contributed by atoms with van der Waals surface area (Å²) in [5.74, 6) is -1.90. The van der Waals surface area contributed by atoms with Crippen LogP contribution in [-0.4, -0.2) is 63.6 Å². The summed E-state index contributed by atoms with van der Waals surface area (Å²) >= 11 is 0. The van der Waals surface area contributed by atoms with Crippen LogP contribution in [0.1, 0.15) is 37.1 Å². The summed E-state index contributed by atoms with van der Waals surface area (Å²) in [6.45, 7) is 3.40. The number of H-pyrrole nitrogens is 1. The zero-order chi connectivity index (χ0) is 23.0. The van der Waals surface area contributed by atoms with Gasteiger partial charge in [-0.05, 0) is 31.4 Å². The van der Waals surface area contributed by atoms with Crippen molar-refractivity contribution >= 4 is 28.8 Å². The van der Waals surface area contributed by atoms with Crippen molar-refractivity contribution in [3.63, 3.8) is 0 Å². The van der Waals surface area contributed by atoms with Crippen LogP contribution in [0.5, 0.6) is 0 Å². The van der Waals surface area contributed by atoms with E-state index in [9.17, 15) is 22.8 Å². The third-order valence-electron chi connectivity index (χ3n) is 4.70. The molecule has 1 aliphatic rings. The highest BCUT2D eigenvalue weighted by atomic mass is 19.4. The molecule has 0 unspecified atom stereocenters. The van der Waals surface area contributed by atoms with E-state index in [1.807, 2.05) is 25.1 Å². The number of nitrogens with zero attached hydrogens (tertiary/aromatic N) is 2. The van der Waals surface area contributed by atoms with Gasteiger partial charge in [-0.1, -0.05) is 18.6 Å². The highest BCUT2D eigenvalue weighted by Crippen LogP contribution is 2.15. The molecule has 170 valence electrons. The number of aromatic amines is 1. The first-order valence-electron chi connectivity index (χ1n) is 9.86. The van der Waals surface area contributed by atoms with Crippen LogP contribution in [0.3, 0.4) is 0 Å². The molecule has 11 heteroatoms. The molecule has 1 aromatic heterocycles. The number of aryl methyl sites for hydroxylation is 1. The molecule has 3 N–H and O–H groups in total. The molecule has 0 atom stereocenters. The molecular formula is C20H25F3N4O4. The normalized spacial score (nSPS) is 14.6. The Morgan fingerprint density at radius 2 is 1.97 bits per heavy atom. The highest BCUT2D eigenvalue weighted by molar-refractivity contribution is 5.85. The van der Waals surface area contributed by atoms with E-state index in [2.05, 4.69) is 15.3 Å². The van der Waals surface area contributed by atoms with Crippen molar-refractivity contribution in [2.24, 2.45) is 0 Å². The number of alkyl halides is 3. The minimum Gasteiger partial charge on any atom is -0.475 e. The van der Waals surface area contributed by atoms with Gasteiger partial charge in [0.2, 0.25) is 11.8 Å². The maximum Gasteiger partial charge on any atom is 0.490 e. The predicted octanol–water partition coefficient (Wildman–Crippen LogP) is 2.57. The Labute approximate surface area is 176 Å². The number of para-hydroxylation sites is 1. The smallest absolute Gasteiger partial charge is 0.475 e. The second-order valence-corrected chi connectivity index (χ2v) is 7.18. The van der Waals surface area contributed by atoms with Gasteiger partial charge < -0.3 is 20.3 Å². The molecule has 0 bridgehead atoms. The lowest BCUT2D eigenvalue weighted by atomic mass is 10.2. The number of nitrogens with one attached hydrogen (secondary N) is 2. The van der Waals surface area contributed by atoms with Crippen molar-refractivity contribution in [3.05, 3.63) is 29.6 Å². The number of carboxylic acids is 1. The monoisotopic (exact) mass is 442 g/mol. The van der Waals surface area contributed by atoms with Crippen LogP contribution in [0.25, 0.3) is 11.0 Å². The van der Waals surface area contributed by atoms with Crippen LogP contribution in [0.15, 0.2) is 18.2 Å². The molecule has 31 heavy (non-hydrogen) atoms. The Balaban J connectivity index is 0.000000423. The molecule has 8 nitrogen and oxygen atoms in total. The Bertz CT molecular complexity index is 927. The average molecular weight is 442 g/mol. The number of hydrogen-bond donors (Lipinski definition) is 3. The third kappa shape index (κ3) is 7.58. The van der Waals surface area contributed by atoms with Gasteiger partial charge in [0.25, 0.3) is 0 Å². The van der Waals surface area contributed by atoms with Gasteiger partial charge in [-0.2, -0.15) is 13.2 Å². The first-order chi connectivity index (χ1) is 14.6. The summed E-state index contributed by atoms with van der Waals surface area (Å²) in [5.41, 5.74) is 3.14. The molecule has 2 heterocycles. The number of imidazole rings is 1. The molecule has 3 rings (SSSR count). The summed E-state index contributed by atoms with van der Waals surface area (Å²) in [4.78, 5) is 42.4. The van der Waals surface area contributed by atoms with Gasteiger partial charge in [-0.25, -0.2) is 9.78 Å². The van der Waals surface area contributed by atoms with Crippen LogP contribution in [0.2, 0.25) is 0 Å². The number of aromatic nitrogens is 2. The second kappa shape index (κ2) is 10.8. The lowest BCUT2D eigenvalue weighted by Crippen LogP contribution is -2.41. The number of amides is 2. The molecule has 2 aromatic rings. The average Bonchev–Trinajstić information content (AvgIpc) is 3.00. The number of hydrogen-bond acceptors (Lipinski definition) is 4. The largest absolute Gasteiger partial charge is 0.490 e. The van der Waals surface area contributed by atoms with Gasteiger partial charge >= 0.3 is 12.1 Å². The van der Waals surface area contributed by atoms with Gasteiger partial charge in [-0.3, -0.25) is 9.59 Å². The van der Waals surface area contributed by atoms with Crippen LogP contribution in [-0.2, 0) is 20.8 Å².